The Morgan fingerprint density at radius 2 is 0.882 bits per heavy atom. The number of hydrogen-bond donors (Lipinski definition) is 5. The van der Waals surface area contributed by atoms with E-state index in [1.54, 1.807) is 0 Å². The summed E-state index contributed by atoms with van der Waals surface area (Å²) in [4.78, 5) is 13.8. The van der Waals surface area contributed by atoms with Gasteiger partial charge >= 0.3 is 5.24 Å². The van der Waals surface area contributed by atoms with Gasteiger partial charge in [0, 0.05) is 12.8 Å². The molecule has 0 aromatic carbocycles. The van der Waals surface area contributed by atoms with E-state index in [4.69, 9.17) is 4.74 Å². The van der Waals surface area contributed by atoms with Crippen LogP contribution in [0.25, 0.3) is 0 Å². The maximum Gasteiger partial charge on any atom is 0.374 e. The molecule has 1 aliphatic heterocycles. The van der Waals surface area contributed by atoms with Crippen LogP contribution in [-0.2, 0) is 4.74 Å². The monoisotopic (exact) mass is 745 g/mol. The SMILES string of the molecule is CCCCCCCCCCCCCCCCCC[N+](C(=O)S)(C(CCCC)CCCCCCCCCCCCC)C1O[C@H](CO)[C@@H](O)[C@H](O)[C@H]1O. The van der Waals surface area contributed by atoms with E-state index < -0.39 is 37.3 Å². The summed E-state index contributed by atoms with van der Waals surface area (Å²) in [5, 5.41) is 42.4. The number of thiol groups is 1. The van der Waals surface area contributed by atoms with Gasteiger partial charge in [0.25, 0.3) is 0 Å². The van der Waals surface area contributed by atoms with Gasteiger partial charge in [-0.15, -0.1) is 0 Å². The highest BCUT2D eigenvalue weighted by molar-refractivity contribution is 7.96. The summed E-state index contributed by atoms with van der Waals surface area (Å²) in [6.07, 6.45) is 31.1. The lowest BCUT2D eigenvalue weighted by molar-refractivity contribution is -0.926. The van der Waals surface area contributed by atoms with Crippen LogP contribution in [-0.4, -0.2) is 80.0 Å². The summed E-state index contributed by atoms with van der Waals surface area (Å²) >= 11 is 4.50. The Labute approximate surface area is 321 Å². The van der Waals surface area contributed by atoms with Crippen LogP contribution in [0.5, 0.6) is 0 Å². The molecule has 0 saturated carbocycles. The van der Waals surface area contributed by atoms with Crippen molar-refractivity contribution >= 4 is 17.9 Å². The van der Waals surface area contributed by atoms with Gasteiger partial charge in [-0.05, 0) is 38.3 Å². The first kappa shape index (κ1) is 48.8. The minimum Gasteiger partial charge on any atom is -0.394 e. The van der Waals surface area contributed by atoms with Gasteiger partial charge in [-0.1, -0.05) is 181 Å². The highest BCUT2D eigenvalue weighted by Gasteiger charge is 2.58. The Kier molecular flexibility index (Phi) is 30.7. The largest absolute Gasteiger partial charge is 0.394 e. The van der Waals surface area contributed by atoms with Crippen LogP contribution < -0.4 is 0 Å². The third kappa shape index (κ3) is 19.8. The number of unbranched alkanes of at least 4 members (excludes halogenated alkanes) is 26. The first-order chi connectivity index (χ1) is 24.8. The van der Waals surface area contributed by atoms with Crippen molar-refractivity contribution in [2.45, 2.75) is 257 Å². The summed E-state index contributed by atoms with van der Waals surface area (Å²) in [7, 11) is 0. The zero-order valence-electron chi connectivity index (χ0n) is 33.8. The number of rotatable bonds is 35. The van der Waals surface area contributed by atoms with Crippen molar-refractivity contribution in [2.24, 2.45) is 0 Å². The van der Waals surface area contributed by atoms with Gasteiger partial charge in [0.1, 0.15) is 18.3 Å². The normalized spacial score (nSPS) is 22.6. The van der Waals surface area contributed by atoms with Crippen LogP contribution in [0.4, 0.5) is 4.79 Å². The molecular weight excluding hydrogens is 659 g/mol. The quantitative estimate of drug-likeness (QED) is 0.0251. The molecule has 7 atom stereocenters. The molecule has 1 aliphatic rings. The summed E-state index contributed by atoms with van der Waals surface area (Å²) in [5.74, 6) is 0. The number of carbonyl (C=O) groups excluding carboxylic acids is 1. The average Bonchev–Trinajstić information content (AvgIpc) is 3.12. The maximum absolute atomic E-state index is 13.8. The molecule has 0 radical (unpaired) electrons. The van der Waals surface area contributed by atoms with Crippen molar-refractivity contribution < 1.29 is 34.4 Å². The van der Waals surface area contributed by atoms with E-state index in [2.05, 4.69) is 33.4 Å². The van der Waals surface area contributed by atoms with Crippen LogP contribution >= 0.6 is 12.6 Å². The molecule has 4 N–H and O–H groups in total. The second-order valence-electron chi connectivity index (χ2n) is 16.1. The topological polar surface area (TPSA) is 107 Å². The molecule has 1 amide bonds. The van der Waals surface area contributed by atoms with E-state index in [9.17, 15) is 25.2 Å². The predicted octanol–water partition coefficient (Wildman–Crippen LogP) is 11.2. The first-order valence-corrected chi connectivity index (χ1v) is 22.7. The number of nitrogens with zero attached hydrogens (tertiary/aromatic N) is 1. The van der Waals surface area contributed by atoms with E-state index in [-0.39, 0.29) is 15.8 Å². The number of amides is 1. The molecule has 8 heteroatoms. The Morgan fingerprint density at radius 1 is 0.529 bits per heavy atom. The predicted molar refractivity (Wildman–Crippen MR) is 217 cm³/mol. The molecule has 1 fully saturated rings. The molecule has 0 aromatic heterocycles. The van der Waals surface area contributed by atoms with Crippen LogP contribution in [0, 0.1) is 0 Å². The van der Waals surface area contributed by atoms with Crippen molar-refractivity contribution in [3.8, 4) is 0 Å². The lowest BCUT2D eigenvalue weighted by Crippen LogP contribution is -2.73. The van der Waals surface area contributed by atoms with E-state index in [0.717, 1.165) is 57.8 Å². The second-order valence-corrected chi connectivity index (χ2v) is 16.5. The molecule has 51 heavy (non-hydrogen) atoms. The fourth-order valence-corrected chi connectivity index (χ4v) is 8.73. The van der Waals surface area contributed by atoms with E-state index in [0.29, 0.717) is 6.54 Å². The zero-order chi connectivity index (χ0) is 37.6. The average molecular weight is 745 g/mol. The lowest BCUT2D eigenvalue weighted by Gasteiger charge is -2.51. The summed E-state index contributed by atoms with van der Waals surface area (Å²) < 4.78 is 6.03. The van der Waals surface area contributed by atoms with Crippen LogP contribution in [0.3, 0.4) is 0 Å². The summed E-state index contributed by atoms with van der Waals surface area (Å²) in [6, 6.07) is -0.119. The number of ether oxygens (including phenoxy) is 1. The third-order valence-electron chi connectivity index (χ3n) is 11.7. The minimum absolute atomic E-state index is 0.119. The summed E-state index contributed by atoms with van der Waals surface area (Å²) in [6.45, 7) is 6.65. The fraction of sp³-hybridized carbons (Fsp3) is 0.977. The highest BCUT2D eigenvalue weighted by atomic mass is 32.1. The van der Waals surface area contributed by atoms with Crippen molar-refractivity contribution in [1.82, 2.24) is 0 Å². The van der Waals surface area contributed by atoms with Gasteiger partial charge in [0.15, 0.2) is 6.10 Å². The zero-order valence-corrected chi connectivity index (χ0v) is 34.7. The standard InChI is InChI=1S/C43H85NO6S/c1-4-7-10-12-14-16-18-19-20-21-22-24-26-28-30-32-35-44(43(49)51,42-41(48)40(47)39(46)38(36-45)50-42)37(33-9-6-3)34-31-29-27-25-23-17-15-13-11-8-5-2/h37-42,45-48H,4-36H2,1-3H3/p+1/t37?,38-,39-,40+,41-,42?,44?/m1/s1. The van der Waals surface area contributed by atoms with E-state index in [1.807, 2.05) is 0 Å². The van der Waals surface area contributed by atoms with Gasteiger partial charge in [-0.25, -0.2) is 9.28 Å². The Hall–Kier alpha value is -0.220. The fourth-order valence-electron chi connectivity index (χ4n) is 8.35. The molecule has 0 spiro atoms. The molecule has 0 aliphatic carbocycles. The van der Waals surface area contributed by atoms with Crippen molar-refractivity contribution in [3.63, 3.8) is 0 Å². The van der Waals surface area contributed by atoms with Gasteiger partial charge < -0.3 is 25.2 Å². The van der Waals surface area contributed by atoms with Crippen LogP contribution in [0.1, 0.15) is 220 Å². The number of carbonyl (C=O) groups is 1. The maximum atomic E-state index is 13.8. The molecule has 304 valence electrons. The minimum atomic E-state index is -1.51. The van der Waals surface area contributed by atoms with Gasteiger partial charge in [0.2, 0.25) is 6.23 Å². The lowest BCUT2D eigenvalue weighted by atomic mass is 9.92. The molecule has 7 nitrogen and oxygen atoms in total. The van der Waals surface area contributed by atoms with Crippen molar-refractivity contribution in [2.75, 3.05) is 13.2 Å². The number of quaternary nitrogens is 1. The molecule has 0 bridgehead atoms. The number of aliphatic hydroxyl groups excluding tert-OH is 4. The molecule has 1 rings (SSSR count). The second kappa shape index (κ2) is 32.1. The van der Waals surface area contributed by atoms with E-state index >= 15 is 0 Å². The molecule has 1 saturated heterocycles. The van der Waals surface area contributed by atoms with E-state index in [1.165, 1.54) is 141 Å². The Bertz CT molecular complexity index is 802. The van der Waals surface area contributed by atoms with Crippen molar-refractivity contribution in [3.05, 3.63) is 0 Å². The molecule has 3 unspecified atom stereocenters. The van der Waals surface area contributed by atoms with Gasteiger partial charge in [0.05, 0.1) is 19.2 Å². The third-order valence-corrected chi connectivity index (χ3v) is 12.1. The van der Waals surface area contributed by atoms with Gasteiger partial charge in [-0.2, -0.15) is 0 Å². The summed E-state index contributed by atoms with van der Waals surface area (Å²) in [5.41, 5.74) is 0. The van der Waals surface area contributed by atoms with Gasteiger partial charge in [-0.3, -0.25) is 0 Å². The highest BCUT2D eigenvalue weighted by Crippen LogP contribution is 2.37. The molecular formula is C43H86NO6S+. The van der Waals surface area contributed by atoms with Crippen LogP contribution in [0.2, 0.25) is 0 Å². The molecule has 1 heterocycles. The molecule has 0 aromatic rings. The first-order valence-electron chi connectivity index (χ1n) is 22.2. The Balaban J connectivity index is 2.75. The smallest absolute Gasteiger partial charge is 0.374 e. The number of hydrogen-bond acceptors (Lipinski definition) is 6. The van der Waals surface area contributed by atoms with Crippen molar-refractivity contribution in [1.29, 1.82) is 0 Å². The van der Waals surface area contributed by atoms with Crippen LogP contribution in [0.15, 0.2) is 0 Å². The number of aliphatic hydroxyl groups is 4. The Morgan fingerprint density at radius 3 is 1.25 bits per heavy atom.